The van der Waals surface area contributed by atoms with Crippen LogP contribution >= 0.6 is 11.3 Å². The van der Waals surface area contributed by atoms with Gasteiger partial charge in [0.25, 0.3) is 11.7 Å². The number of ketones is 1. The molecule has 1 saturated heterocycles. The van der Waals surface area contributed by atoms with Gasteiger partial charge < -0.3 is 14.8 Å². The number of hydrogen-bond donors (Lipinski definition) is 1. The summed E-state index contributed by atoms with van der Waals surface area (Å²) in [5, 5.41) is 6.09. The highest BCUT2D eigenvalue weighted by atomic mass is 32.1. The number of benzene rings is 2. The second-order valence-corrected chi connectivity index (χ2v) is 10.00. The van der Waals surface area contributed by atoms with E-state index in [9.17, 15) is 14.4 Å². The van der Waals surface area contributed by atoms with E-state index in [0.717, 1.165) is 41.4 Å². The van der Waals surface area contributed by atoms with Gasteiger partial charge in [-0.25, -0.2) is 4.98 Å². The Hall–Kier alpha value is -3.78. The summed E-state index contributed by atoms with van der Waals surface area (Å²) in [6, 6.07) is 15.6. The van der Waals surface area contributed by atoms with Crippen LogP contribution in [-0.2, 0) is 16.1 Å². The average Bonchev–Trinajstić information content (AvgIpc) is 3.52. The third-order valence-corrected chi connectivity index (χ3v) is 7.31. The van der Waals surface area contributed by atoms with Crippen LogP contribution in [0.3, 0.4) is 0 Å². The fourth-order valence-corrected chi connectivity index (χ4v) is 5.30. The number of para-hydroxylation sites is 1. The van der Waals surface area contributed by atoms with E-state index in [4.69, 9.17) is 0 Å². The maximum atomic E-state index is 13.1. The van der Waals surface area contributed by atoms with Crippen LogP contribution < -0.4 is 5.32 Å². The number of carbonyl (C=O) groups is 3. The lowest BCUT2D eigenvalue weighted by molar-refractivity contribution is -0.127. The zero-order chi connectivity index (χ0) is 25.1. The normalized spacial score (nSPS) is 13.6. The molecule has 36 heavy (non-hydrogen) atoms. The smallest absolute Gasteiger partial charge is 0.295 e. The molecule has 3 heterocycles. The topological polar surface area (TPSA) is 84.3 Å². The van der Waals surface area contributed by atoms with E-state index in [0.29, 0.717) is 30.3 Å². The fourth-order valence-electron chi connectivity index (χ4n) is 4.56. The Bertz CT molecular complexity index is 1410. The third-order valence-electron chi connectivity index (χ3n) is 6.55. The predicted octanol–water partition coefficient (Wildman–Crippen LogP) is 5.30. The molecule has 0 atom stereocenters. The molecule has 8 heteroatoms. The summed E-state index contributed by atoms with van der Waals surface area (Å²) < 4.78 is 1.88. The first-order valence-electron chi connectivity index (χ1n) is 12.2. The highest BCUT2D eigenvalue weighted by Crippen LogP contribution is 2.26. The van der Waals surface area contributed by atoms with Gasteiger partial charge in [-0.3, -0.25) is 14.4 Å². The minimum atomic E-state index is -0.484. The van der Waals surface area contributed by atoms with Gasteiger partial charge in [0.15, 0.2) is 5.13 Å². The van der Waals surface area contributed by atoms with Crippen molar-refractivity contribution in [2.24, 2.45) is 0 Å². The zero-order valence-electron chi connectivity index (χ0n) is 20.2. The number of aryl methyl sites for hydroxylation is 2. The van der Waals surface area contributed by atoms with E-state index >= 15 is 0 Å². The monoisotopic (exact) mass is 500 g/mol. The van der Waals surface area contributed by atoms with Gasteiger partial charge in [0.05, 0.1) is 11.3 Å². The number of fused-ring (bicyclic) bond motifs is 1. The van der Waals surface area contributed by atoms with Gasteiger partial charge in [-0.1, -0.05) is 48.0 Å². The zero-order valence-corrected chi connectivity index (χ0v) is 21.0. The molecule has 1 N–H and O–H groups in total. The van der Waals surface area contributed by atoms with Gasteiger partial charge in [-0.15, -0.1) is 11.3 Å². The third kappa shape index (κ3) is 5.09. The molecule has 0 radical (unpaired) electrons. The summed E-state index contributed by atoms with van der Waals surface area (Å²) in [6.07, 6.45) is 4.88. The van der Waals surface area contributed by atoms with E-state index in [1.807, 2.05) is 65.4 Å². The van der Waals surface area contributed by atoms with E-state index in [1.165, 1.54) is 16.9 Å². The number of Topliss-reactive ketones (excluding diaryl/α,β-unsaturated/α-hetero) is 1. The minimum Gasteiger partial charge on any atom is -0.346 e. The van der Waals surface area contributed by atoms with Crippen LogP contribution in [0.25, 0.3) is 22.2 Å². The number of likely N-dealkylation sites (tertiary alicyclic amines) is 1. The Labute approximate surface area is 213 Å². The maximum absolute atomic E-state index is 13.1. The summed E-state index contributed by atoms with van der Waals surface area (Å²) >= 11 is 1.39. The largest absolute Gasteiger partial charge is 0.346 e. The van der Waals surface area contributed by atoms with Gasteiger partial charge in [0, 0.05) is 54.1 Å². The average molecular weight is 501 g/mol. The molecule has 0 aliphatic carbocycles. The molecule has 1 aliphatic rings. The number of rotatable bonds is 7. The van der Waals surface area contributed by atoms with Crippen molar-refractivity contribution < 1.29 is 14.4 Å². The van der Waals surface area contributed by atoms with Crippen molar-refractivity contribution >= 4 is 45.0 Å². The van der Waals surface area contributed by atoms with E-state index in [1.54, 1.807) is 11.1 Å². The molecule has 0 saturated carbocycles. The lowest BCUT2D eigenvalue weighted by Crippen LogP contribution is -2.40. The minimum absolute atomic E-state index is 0.158. The summed E-state index contributed by atoms with van der Waals surface area (Å²) in [4.78, 5) is 44.8. The lowest BCUT2D eigenvalue weighted by Gasteiger charge is -2.25. The standard InChI is InChI=1S/C28H28N4O3S/c1-19-9-11-20(12-10-19)23-18-36-28(29-23)30-25(33)13-16-32-17-22(21-7-3-4-8-24(21)32)26(34)27(35)31-14-5-2-6-15-31/h3-4,7-12,17-18H,2,5-6,13-16H2,1H3,(H,29,30,33). The van der Waals surface area contributed by atoms with Crippen LogP contribution in [0.2, 0.25) is 0 Å². The Morgan fingerprint density at radius 2 is 1.75 bits per heavy atom. The Kier molecular flexibility index (Phi) is 6.95. The second-order valence-electron chi connectivity index (χ2n) is 9.14. The van der Waals surface area contributed by atoms with Crippen molar-refractivity contribution in [1.29, 1.82) is 0 Å². The van der Waals surface area contributed by atoms with E-state index in [2.05, 4.69) is 10.3 Å². The van der Waals surface area contributed by atoms with E-state index < -0.39 is 11.7 Å². The van der Waals surface area contributed by atoms with Crippen LogP contribution in [0.5, 0.6) is 0 Å². The van der Waals surface area contributed by atoms with Crippen molar-refractivity contribution in [1.82, 2.24) is 14.5 Å². The molecule has 2 amide bonds. The van der Waals surface area contributed by atoms with E-state index in [-0.39, 0.29) is 12.3 Å². The molecule has 2 aromatic heterocycles. The molecule has 0 unspecified atom stereocenters. The first-order valence-corrected chi connectivity index (χ1v) is 13.1. The quantitative estimate of drug-likeness (QED) is 0.276. The van der Waals surface area contributed by atoms with Crippen molar-refractivity contribution in [2.75, 3.05) is 18.4 Å². The number of thiazole rings is 1. The molecule has 0 bridgehead atoms. The summed E-state index contributed by atoms with van der Waals surface area (Å²) in [5.41, 5.74) is 4.24. The Morgan fingerprint density at radius 1 is 1.00 bits per heavy atom. The number of anilines is 1. The van der Waals surface area contributed by atoms with Crippen molar-refractivity contribution in [2.45, 2.75) is 39.2 Å². The van der Waals surface area contributed by atoms with Crippen molar-refractivity contribution in [3.63, 3.8) is 0 Å². The first-order chi connectivity index (χ1) is 17.5. The molecule has 2 aromatic carbocycles. The molecule has 4 aromatic rings. The summed E-state index contributed by atoms with van der Waals surface area (Å²) in [7, 11) is 0. The van der Waals surface area contributed by atoms with Gasteiger partial charge in [-0.05, 0) is 32.3 Å². The number of nitrogens with one attached hydrogen (secondary N) is 1. The number of amides is 2. The van der Waals surface area contributed by atoms with Gasteiger partial charge in [0.2, 0.25) is 5.91 Å². The number of piperidine rings is 1. The highest BCUT2D eigenvalue weighted by Gasteiger charge is 2.27. The summed E-state index contributed by atoms with van der Waals surface area (Å²) in [5.74, 6) is -1.08. The SMILES string of the molecule is Cc1ccc(-c2csc(NC(=O)CCn3cc(C(=O)C(=O)N4CCCCC4)c4ccccc43)n2)cc1. The van der Waals surface area contributed by atoms with Gasteiger partial charge in [0.1, 0.15) is 0 Å². The van der Waals surface area contributed by atoms with Crippen LogP contribution in [0.1, 0.15) is 41.6 Å². The maximum Gasteiger partial charge on any atom is 0.295 e. The second kappa shape index (κ2) is 10.5. The van der Waals surface area contributed by atoms with Gasteiger partial charge >= 0.3 is 0 Å². The number of hydrogen-bond acceptors (Lipinski definition) is 5. The molecule has 1 fully saturated rings. The lowest BCUT2D eigenvalue weighted by atomic mass is 10.1. The van der Waals surface area contributed by atoms with Crippen LogP contribution in [-0.4, -0.2) is 45.1 Å². The van der Waals surface area contributed by atoms with Gasteiger partial charge in [-0.2, -0.15) is 0 Å². The van der Waals surface area contributed by atoms with Crippen molar-refractivity contribution in [3.8, 4) is 11.3 Å². The summed E-state index contributed by atoms with van der Waals surface area (Å²) in [6.45, 7) is 3.68. The number of aromatic nitrogens is 2. The Balaban J connectivity index is 1.27. The van der Waals surface area contributed by atoms with Crippen LogP contribution in [0, 0.1) is 6.92 Å². The molecular formula is C28H28N4O3S. The molecule has 1 aliphatic heterocycles. The highest BCUT2D eigenvalue weighted by molar-refractivity contribution is 7.14. The molecule has 7 nitrogen and oxygen atoms in total. The molecule has 0 spiro atoms. The Morgan fingerprint density at radius 3 is 2.53 bits per heavy atom. The fraction of sp³-hybridized carbons (Fsp3) is 0.286. The van der Waals surface area contributed by atoms with Crippen LogP contribution in [0.4, 0.5) is 5.13 Å². The molecule has 184 valence electrons. The van der Waals surface area contributed by atoms with Crippen molar-refractivity contribution in [3.05, 3.63) is 71.2 Å². The molecule has 5 rings (SSSR count). The van der Waals surface area contributed by atoms with Crippen LogP contribution in [0.15, 0.2) is 60.1 Å². The number of nitrogens with zero attached hydrogens (tertiary/aromatic N) is 3. The number of carbonyl (C=O) groups excluding carboxylic acids is 3. The predicted molar refractivity (Wildman–Crippen MR) is 142 cm³/mol. The molecular weight excluding hydrogens is 472 g/mol. The first kappa shape index (κ1) is 23.9.